The van der Waals surface area contributed by atoms with Gasteiger partial charge in [0.1, 0.15) is 6.04 Å². The molecule has 2 aromatic rings. The standard InChI is InChI=1S/C18H19N5O3/c1-21-11-16(24)23-8-7-22(10-15(23)17(21)25)18(26)20-13-4-5-14-12(9-13)3-2-6-19-14/h2-6,9,15H,7-8,10-11H2,1H3,(H,20,26)/t15-/m0/s1. The molecular formula is C18H19N5O3. The van der Waals surface area contributed by atoms with Crippen LogP contribution >= 0.6 is 0 Å². The first kappa shape index (κ1) is 16.3. The summed E-state index contributed by atoms with van der Waals surface area (Å²) in [5.74, 6) is -0.196. The van der Waals surface area contributed by atoms with Gasteiger partial charge < -0.3 is 20.0 Å². The van der Waals surface area contributed by atoms with E-state index in [0.29, 0.717) is 18.8 Å². The molecule has 1 aromatic heterocycles. The van der Waals surface area contributed by atoms with E-state index >= 15 is 0 Å². The molecule has 2 saturated heterocycles. The number of carbonyl (C=O) groups is 3. The van der Waals surface area contributed by atoms with Crippen LogP contribution in [0.2, 0.25) is 0 Å². The SMILES string of the molecule is CN1CC(=O)N2CCN(C(=O)Nc3ccc4ncccc4c3)C[C@H]2C1=O. The van der Waals surface area contributed by atoms with Gasteiger partial charge >= 0.3 is 6.03 Å². The smallest absolute Gasteiger partial charge is 0.321 e. The number of hydrogen-bond donors (Lipinski definition) is 1. The number of piperazine rings is 2. The summed E-state index contributed by atoms with van der Waals surface area (Å²) in [6.07, 6.45) is 1.72. The van der Waals surface area contributed by atoms with Gasteiger partial charge in [-0.1, -0.05) is 6.07 Å². The molecule has 2 aliphatic rings. The van der Waals surface area contributed by atoms with Crippen molar-refractivity contribution in [3.05, 3.63) is 36.5 Å². The number of hydrogen-bond acceptors (Lipinski definition) is 4. The van der Waals surface area contributed by atoms with E-state index in [-0.39, 0.29) is 30.9 Å². The molecule has 0 saturated carbocycles. The molecule has 1 N–H and O–H groups in total. The second-order valence-corrected chi connectivity index (χ2v) is 6.58. The number of carbonyl (C=O) groups excluding carboxylic acids is 3. The van der Waals surface area contributed by atoms with Crippen LogP contribution in [0.15, 0.2) is 36.5 Å². The largest absolute Gasteiger partial charge is 0.335 e. The van der Waals surface area contributed by atoms with Crippen molar-refractivity contribution >= 4 is 34.4 Å². The number of nitrogens with zero attached hydrogens (tertiary/aromatic N) is 4. The monoisotopic (exact) mass is 353 g/mol. The first-order valence-electron chi connectivity index (χ1n) is 8.48. The highest BCUT2D eigenvalue weighted by atomic mass is 16.2. The van der Waals surface area contributed by atoms with Crippen LogP contribution in [0, 0.1) is 0 Å². The van der Waals surface area contributed by atoms with E-state index in [0.717, 1.165) is 10.9 Å². The number of rotatable bonds is 1. The Morgan fingerprint density at radius 1 is 1.23 bits per heavy atom. The predicted octanol–water partition coefficient (Wildman–Crippen LogP) is 0.751. The second-order valence-electron chi connectivity index (χ2n) is 6.58. The molecule has 4 rings (SSSR count). The average Bonchev–Trinajstić information content (AvgIpc) is 2.65. The molecule has 0 unspecified atom stereocenters. The number of likely N-dealkylation sites (N-methyl/N-ethyl adjacent to an activating group) is 1. The molecule has 2 fully saturated rings. The Morgan fingerprint density at radius 3 is 2.92 bits per heavy atom. The van der Waals surface area contributed by atoms with Gasteiger partial charge in [-0.25, -0.2) is 4.79 Å². The van der Waals surface area contributed by atoms with Gasteiger partial charge in [0.15, 0.2) is 0 Å². The fraction of sp³-hybridized carbons (Fsp3) is 0.333. The van der Waals surface area contributed by atoms with Crippen molar-refractivity contribution < 1.29 is 14.4 Å². The van der Waals surface area contributed by atoms with Crippen LogP contribution < -0.4 is 5.32 Å². The van der Waals surface area contributed by atoms with Crippen LogP contribution in [0.5, 0.6) is 0 Å². The number of aromatic nitrogens is 1. The molecule has 8 heteroatoms. The van der Waals surface area contributed by atoms with Crippen LogP contribution in [0.25, 0.3) is 10.9 Å². The molecule has 3 heterocycles. The lowest BCUT2D eigenvalue weighted by Crippen LogP contribution is -2.67. The maximum Gasteiger partial charge on any atom is 0.321 e. The molecule has 0 aliphatic carbocycles. The molecule has 26 heavy (non-hydrogen) atoms. The minimum absolute atomic E-state index is 0.0702. The minimum atomic E-state index is -0.596. The molecule has 0 bridgehead atoms. The number of urea groups is 1. The first-order chi connectivity index (χ1) is 12.5. The molecule has 1 atom stereocenters. The van der Waals surface area contributed by atoms with E-state index in [1.807, 2.05) is 24.3 Å². The minimum Gasteiger partial charge on any atom is -0.335 e. The lowest BCUT2D eigenvalue weighted by atomic mass is 10.1. The van der Waals surface area contributed by atoms with Crippen LogP contribution in [0.4, 0.5) is 10.5 Å². The van der Waals surface area contributed by atoms with E-state index in [9.17, 15) is 14.4 Å². The predicted molar refractivity (Wildman–Crippen MR) is 95.5 cm³/mol. The van der Waals surface area contributed by atoms with Crippen LogP contribution in [-0.4, -0.2) is 76.8 Å². The number of pyridine rings is 1. The summed E-state index contributed by atoms with van der Waals surface area (Å²) >= 11 is 0. The van der Waals surface area contributed by atoms with Gasteiger partial charge in [-0.15, -0.1) is 0 Å². The molecule has 1 aromatic carbocycles. The van der Waals surface area contributed by atoms with Gasteiger partial charge in [-0.3, -0.25) is 14.6 Å². The Morgan fingerprint density at radius 2 is 2.08 bits per heavy atom. The molecule has 0 radical (unpaired) electrons. The van der Waals surface area contributed by atoms with Crippen molar-refractivity contribution in [3.63, 3.8) is 0 Å². The number of fused-ring (bicyclic) bond motifs is 2. The molecule has 134 valence electrons. The van der Waals surface area contributed by atoms with Gasteiger partial charge in [0.2, 0.25) is 11.8 Å². The van der Waals surface area contributed by atoms with Crippen molar-refractivity contribution in [2.75, 3.05) is 38.5 Å². The average molecular weight is 353 g/mol. The third-order valence-corrected chi connectivity index (χ3v) is 4.88. The molecular weight excluding hydrogens is 334 g/mol. The fourth-order valence-electron chi connectivity index (χ4n) is 3.46. The third kappa shape index (κ3) is 2.83. The van der Waals surface area contributed by atoms with Gasteiger partial charge in [0.05, 0.1) is 18.6 Å². The molecule has 4 amide bonds. The van der Waals surface area contributed by atoms with Crippen LogP contribution in [-0.2, 0) is 9.59 Å². The zero-order valence-electron chi connectivity index (χ0n) is 14.4. The van der Waals surface area contributed by atoms with Gasteiger partial charge in [0.25, 0.3) is 0 Å². The summed E-state index contributed by atoms with van der Waals surface area (Å²) in [5.41, 5.74) is 1.52. The second kappa shape index (κ2) is 6.29. The van der Waals surface area contributed by atoms with Crippen molar-refractivity contribution in [2.24, 2.45) is 0 Å². The Labute approximate surface area is 150 Å². The summed E-state index contributed by atoms with van der Waals surface area (Å²) in [4.78, 5) is 45.9. The Kier molecular flexibility index (Phi) is 3.95. The van der Waals surface area contributed by atoms with E-state index in [4.69, 9.17) is 0 Å². The Bertz CT molecular complexity index is 899. The first-order valence-corrected chi connectivity index (χ1v) is 8.48. The number of anilines is 1. The lowest BCUT2D eigenvalue weighted by molar-refractivity contribution is -0.157. The van der Waals surface area contributed by atoms with Gasteiger partial charge in [0, 0.05) is 37.4 Å². The normalized spacial score (nSPS) is 20.3. The number of nitrogens with one attached hydrogen (secondary N) is 1. The topological polar surface area (TPSA) is 85.8 Å². The highest BCUT2D eigenvalue weighted by Gasteiger charge is 2.42. The summed E-state index contributed by atoms with van der Waals surface area (Å²) in [6, 6.07) is 8.41. The molecule has 0 spiro atoms. The van der Waals surface area contributed by atoms with Crippen molar-refractivity contribution in [3.8, 4) is 0 Å². The highest BCUT2D eigenvalue weighted by molar-refractivity contribution is 5.97. The summed E-state index contributed by atoms with van der Waals surface area (Å²) in [6.45, 7) is 1.08. The van der Waals surface area contributed by atoms with Crippen molar-refractivity contribution in [1.82, 2.24) is 19.7 Å². The maximum absolute atomic E-state index is 12.6. The highest BCUT2D eigenvalue weighted by Crippen LogP contribution is 2.20. The quantitative estimate of drug-likeness (QED) is 0.820. The molecule has 2 aliphatic heterocycles. The Hall–Kier alpha value is -3.16. The van der Waals surface area contributed by atoms with Crippen molar-refractivity contribution in [2.45, 2.75) is 6.04 Å². The summed E-state index contributed by atoms with van der Waals surface area (Å²) in [7, 11) is 1.61. The lowest BCUT2D eigenvalue weighted by Gasteiger charge is -2.45. The number of amides is 4. The van der Waals surface area contributed by atoms with E-state index in [2.05, 4.69) is 10.3 Å². The Balaban J connectivity index is 1.48. The zero-order chi connectivity index (χ0) is 18.3. The molecule has 8 nitrogen and oxygen atoms in total. The fourth-order valence-corrected chi connectivity index (χ4v) is 3.46. The van der Waals surface area contributed by atoms with Gasteiger partial charge in [-0.2, -0.15) is 0 Å². The van der Waals surface area contributed by atoms with Gasteiger partial charge in [-0.05, 0) is 24.3 Å². The van der Waals surface area contributed by atoms with E-state index in [1.54, 1.807) is 29.1 Å². The third-order valence-electron chi connectivity index (χ3n) is 4.88. The number of benzene rings is 1. The summed E-state index contributed by atoms with van der Waals surface area (Å²) in [5, 5.41) is 3.80. The van der Waals surface area contributed by atoms with E-state index < -0.39 is 6.04 Å². The van der Waals surface area contributed by atoms with Crippen LogP contribution in [0.3, 0.4) is 0 Å². The van der Waals surface area contributed by atoms with Crippen molar-refractivity contribution in [1.29, 1.82) is 0 Å². The van der Waals surface area contributed by atoms with E-state index in [1.165, 1.54) is 4.90 Å². The zero-order valence-corrected chi connectivity index (χ0v) is 14.4. The van der Waals surface area contributed by atoms with Crippen LogP contribution in [0.1, 0.15) is 0 Å². The summed E-state index contributed by atoms with van der Waals surface area (Å²) < 4.78 is 0. The maximum atomic E-state index is 12.6.